The number of fused-ring (bicyclic) bond motifs is 3. The molecule has 3 aromatic heterocycles. The molecule has 10 rings (SSSR count). The molecule has 0 bridgehead atoms. The SMILES string of the molecule is [C-]#[N+]c1cc(Oc2[c-]c3c(cc2)c2cc(-c4ccccc4)ccc2n3-c2ccccn2)[c-]c(-c2nnc(C)n2-c2c(-c3ccccc3)cccc2-c2ccccc2)c1.[Pt+2]. The third-order valence-corrected chi connectivity index (χ3v) is 10.3. The van der Waals surface area contributed by atoms with Gasteiger partial charge in [-0.1, -0.05) is 145 Å². The van der Waals surface area contributed by atoms with E-state index in [0.29, 0.717) is 34.4 Å². The number of pyridine rings is 1. The number of para-hydroxylation sites is 1. The van der Waals surface area contributed by atoms with E-state index >= 15 is 0 Å². The van der Waals surface area contributed by atoms with Crippen molar-refractivity contribution in [3.63, 3.8) is 0 Å². The molecule has 8 heteroatoms. The van der Waals surface area contributed by atoms with Gasteiger partial charge in [0.2, 0.25) is 0 Å². The number of rotatable bonds is 8. The minimum atomic E-state index is 0. The normalized spacial score (nSPS) is 11.0. The monoisotopic (exact) mass is 939 g/mol. The summed E-state index contributed by atoms with van der Waals surface area (Å²) in [5, 5.41) is 11.4. The number of benzene rings is 7. The molecule has 0 spiro atoms. The second-order valence-corrected chi connectivity index (χ2v) is 13.9. The Morgan fingerprint density at radius 2 is 1.25 bits per heavy atom. The summed E-state index contributed by atoms with van der Waals surface area (Å²) < 4.78 is 10.7. The molecule has 0 aliphatic rings. The van der Waals surface area contributed by atoms with Crippen LogP contribution in [0.1, 0.15) is 5.82 Å². The smallest absolute Gasteiger partial charge is 0.504 e. The van der Waals surface area contributed by atoms with E-state index in [4.69, 9.17) is 21.4 Å². The van der Waals surface area contributed by atoms with Gasteiger partial charge in [0, 0.05) is 34.3 Å². The van der Waals surface area contributed by atoms with E-state index in [1.807, 2.05) is 73.7 Å². The van der Waals surface area contributed by atoms with Gasteiger partial charge in [-0.25, -0.2) is 4.98 Å². The predicted octanol–water partition coefficient (Wildman–Crippen LogP) is 12.7. The molecule has 0 atom stereocenters. The van der Waals surface area contributed by atoms with E-state index in [9.17, 15) is 0 Å². The van der Waals surface area contributed by atoms with E-state index in [2.05, 4.69) is 122 Å². The standard InChI is InChI=1S/C51H32N6O.Pt/c1-34-54-55-51(56(34)50-43(36-17-8-4-9-18-36)21-14-22-44(50)37-19-10-5-11-20-37)39-29-40(52-2)32-42(30-39)58-41-25-26-45-46-31-38(35-15-6-3-7-16-35)24-27-47(46)57(48(45)33-41)49-23-12-13-28-53-49;/h3-29,31-32H,1H3;/q-2;+2. The molecule has 0 amide bonds. The summed E-state index contributed by atoms with van der Waals surface area (Å²) in [5.74, 6) is 2.83. The molecule has 0 unspecified atom stereocenters. The minimum absolute atomic E-state index is 0. The van der Waals surface area contributed by atoms with Crippen LogP contribution in [0.3, 0.4) is 0 Å². The van der Waals surface area contributed by atoms with E-state index in [0.717, 1.165) is 66.7 Å². The molecule has 10 aromatic rings. The van der Waals surface area contributed by atoms with Crippen molar-refractivity contribution in [2.75, 3.05) is 0 Å². The molecule has 0 radical (unpaired) electrons. The fraction of sp³-hybridized carbons (Fsp3) is 0.0196. The first-order valence-corrected chi connectivity index (χ1v) is 18.9. The van der Waals surface area contributed by atoms with Crippen molar-refractivity contribution >= 4 is 27.5 Å². The van der Waals surface area contributed by atoms with Gasteiger partial charge in [0.05, 0.1) is 18.1 Å². The second kappa shape index (κ2) is 15.9. The first-order chi connectivity index (χ1) is 28.6. The maximum absolute atomic E-state index is 8.06. The molecule has 0 aliphatic carbocycles. The maximum Gasteiger partial charge on any atom is 2.00 e. The average Bonchev–Trinajstić information content (AvgIpc) is 3.83. The van der Waals surface area contributed by atoms with Crippen molar-refractivity contribution in [1.82, 2.24) is 24.3 Å². The first kappa shape index (κ1) is 37.2. The van der Waals surface area contributed by atoms with E-state index in [1.165, 1.54) is 0 Å². The third-order valence-electron chi connectivity index (χ3n) is 10.3. The van der Waals surface area contributed by atoms with Crippen molar-refractivity contribution in [3.05, 3.63) is 205 Å². The molecule has 3 heterocycles. The number of nitrogens with zero attached hydrogens (tertiary/aromatic N) is 6. The molecule has 0 aliphatic heterocycles. The fourth-order valence-corrected chi connectivity index (χ4v) is 7.70. The number of hydrogen-bond donors (Lipinski definition) is 0. The van der Waals surface area contributed by atoms with Gasteiger partial charge in [-0.15, -0.1) is 34.2 Å². The van der Waals surface area contributed by atoms with Crippen LogP contribution in [-0.2, 0) is 21.1 Å². The Morgan fingerprint density at radius 1 is 0.576 bits per heavy atom. The summed E-state index contributed by atoms with van der Waals surface area (Å²) in [5.41, 5.74) is 10.1. The molecule has 7 nitrogen and oxygen atoms in total. The summed E-state index contributed by atoms with van der Waals surface area (Å²) in [6.07, 6.45) is 1.79. The summed E-state index contributed by atoms with van der Waals surface area (Å²) in [4.78, 5) is 8.55. The van der Waals surface area contributed by atoms with Crippen LogP contribution < -0.4 is 4.74 Å². The molecular formula is C51H32N6OPt. The number of ether oxygens (including phenoxy) is 1. The van der Waals surface area contributed by atoms with Crippen LogP contribution in [0.25, 0.3) is 82.9 Å². The minimum Gasteiger partial charge on any atom is -0.504 e. The predicted molar refractivity (Wildman–Crippen MR) is 230 cm³/mol. The van der Waals surface area contributed by atoms with Crippen LogP contribution >= 0.6 is 0 Å². The van der Waals surface area contributed by atoms with E-state index in [-0.39, 0.29) is 21.1 Å². The van der Waals surface area contributed by atoms with Crippen molar-refractivity contribution in [1.29, 1.82) is 0 Å². The zero-order valence-corrected chi connectivity index (χ0v) is 33.9. The molecular weight excluding hydrogens is 908 g/mol. The Hall–Kier alpha value is -7.39. The Balaban J connectivity index is 0.00000449. The van der Waals surface area contributed by atoms with E-state index < -0.39 is 0 Å². The quantitative estimate of drug-likeness (QED) is 0.142. The average molecular weight is 940 g/mol. The number of aryl methyl sites for hydroxylation is 1. The van der Waals surface area contributed by atoms with Crippen molar-refractivity contribution in [2.45, 2.75) is 6.92 Å². The summed E-state index contributed by atoms with van der Waals surface area (Å²) in [7, 11) is 0. The fourth-order valence-electron chi connectivity index (χ4n) is 7.70. The number of aromatic nitrogens is 5. The largest absolute Gasteiger partial charge is 2.00 e. The molecule has 0 saturated heterocycles. The zero-order chi connectivity index (χ0) is 39.0. The maximum atomic E-state index is 8.06. The van der Waals surface area contributed by atoms with Crippen LogP contribution in [0, 0.1) is 25.6 Å². The molecule has 0 N–H and O–H groups in total. The van der Waals surface area contributed by atoms with Gasteiger partial charge in [0.15, 0.2) is 0 Å². The molecule has 59 heavy (non-hydrogen) atoms. The van der Waals surface area contributed by atoms with Gasteiger partial charge in [-0.2, -0.15) is 11.2 Å². The van der Waals surface area contributed by atoms with Gasteiger partial charge in [0.1, 0.15) is 17.3 Å². The Kier molecular flexibility index (Phi) is 10.0. The molecule has 0 fully saturated rings. The van der Waals surface area contributed by atoms with Gasteiger partial charge in [0.25, 0.3) is 0 Å². The summed E-state index contributed by atoms with van der Waals surface area (Å²) >= 11 is 0. The van der Waals surface area contributed by atoms with Crippen LogP contribution in [0.4, 0.5) is 5.69 Å². The first-order valence-electron chi connectivity index (χ1n) is 18.9. The van der Waals surface area contributed by atoms with Crippen molar-refractivity contribution in [2.24, 2.45) is 0 Å². The van der Waals surface area contributed by atoms with Gasteiger partial charge >= 0.3 is 21.1 Å². The van der Waals surface area contributed by atoms with Crippen LogP contribution in [0.2, 0.25) is 0 Å². The van der Waals surface area contributed by atoms with Crippen LogP contribution in [0.15, 0.2) is 176 Å². The van der Waals surface area contributed by atoms with E-state index in [1.54, 1.807) is 18.3 Å². The topological polar surface area (TPSA) is 62.1 Å². The Morgan fingerprint density at radius 3 is 1.92 bits per heavy atom. The zero-order valence-electron chi connectivity index (χ0n) is 31.7. The van der Waals surface area contributed by atoms with Crippen LogP contribution in [0.5, 0.6) is 11.5 Å². The summed E-state index contributed by atoms with van der Waals surface area (Å²) in [6, 6.07) is 64.1. The van der Waals surface area contributed by atoms with Gasteiger partial charge < -0.3 is 13.9 Å². The van der Waals surface area contributed by atoms with Crippen molar-refractivity contribution in [3.8, 4) is 67.8 Å². The molecule has 0 saturated carbocycles. The van der Waals surface area contributed by atoms with Gasteiger partial charge in [-0.3, -0.25) is 4.85 Å². The molecule has 7 aromatic carbocycles. The van der Waals surface area contributed by atoms with Gasteiger partial charge in [-0.05, 0) is 52.8 Å². The summed E-state index contributed by atoms with van der Waals surface area (Å²) in [6.45, 7) is 10.0. The molecule has 282 valence electrons. The van der Waals surface area contributed by atoms with Crippen molar-refractivity contribution < 1.29 is 25.8 Å². The third kappa shape index (κ3) is 6.90. The Labute approximate surface area is 355 Å². The van der Waals surface area contributed by atoms with Crippen LogP contribution in [-0.4, -0.2) is 24.3 Å². The number of hydrogen-bond acceptors (Lipinski definition) is 4. The second-order valence-electron chi connectivity index (χ2n) is 13.9. The Bertz CT molecular complexity index is 3100.